The van der Waals surface area contributed by atoms with Crippen molar-refractivity contribution >= 4 is 29.0 Å². The summed E-state index contributed by atoms with van der Waals surface area (Å²) in [5.41, 5.74) is 6.97. The number of pyridine rings is 1. The van der Waals surface area contributed by atoms with Crippen molar-refractivity contribution < 1.29 is 9.18 Å². The van der Waals surface area contributed by atoms with Gasteiger partial charge in [0.15, 0.2) is 0 Å². The van der Waals surface area contributed by atoms with E-state index in [1.54, 1.807) is 19.2 Å². The maximum atomic E-state index is 14.1. The van der Waals surface area contributed by atoms with Gasteiger partial charge in [-0.25, -0.2) is 9.37 Å². The van der Waals surface area contributed by atoms with E-state index in [2.05, 4.69) is 15.3 Å². The number of rotatable bonds is 6. The van der Waals surface area contributed by atoms with Crippen molar-refractivity contribution in [2.24, 2.45) is 16.6 Å². The molecule has 5 nitrogen and oxygen atoms in total. The van der Waals surface area contributed by atoms with Crippen molar-refractivity contribution in [2.45, 2.75) is 19.8 Å². The first kappa shape index (κ1) is 18.9. The topological polar surface area (TPSA) is 80.4 Å². The number of nitrogens with zero attached hydrogens (tertiary/aromatic N) is 2. The monoisotopic (exact) mass is 362 g/mol. The second kappa shape index (κ2) is 8.58. The summed E-state index contributed by atoms with van der Waals surface area (Å²) in [6.45, 7) is 1.97. The number of nitrogens with one attached hydrogen (secondary N) is 1. The number of amidine groups is 1. The third-order valence-corrected chi connectivity index (χ3v) is 3.90. The Bertz CT molecular complexity index is 777. The van der Waals surface area contributed by atoms with Crippen molar-refractivity contribution in [2.75, 3.05) is 12.4 Å². The minimum absolute atomic E-state index is 0.127. The molecule has 1 atom stereocenters. The zero-order valence-corrected chi connectivity index (χ0v) is 14.8. The summed E-state index contributed by atoms with van der Waals surface area (Å²) in [6, 6.07) is 7.58. The number of carbonyl (C=O) groups excluding carboxylic acids is 1. The molecule has 0 saturated heterocycles. The van der Waals surface area contributed by atoms with Crippen LogP contribution in [0.25, 0.3) is 0 Å². The highest BCUT2D eigenvalue weighted by atomic mass is 35.5. The fourth-order valence-electron chi connectivity index (χ4n) is 2.41. The van der Waals surface area contributed by atoms with Crippen LogP contribution in [0.15, 0.2) is 41.5 Å². The normalized spacial score (nSPS) is 12.7. The molecule has 1 heterocycles. The Hall–Kier alpha value is -2.47. The van der Waals surface area contributed by atoms with Crippen molar-refractivity contribution in [3.63, 3.8) is 0 Å². The fourth-order valence-corrected chi connectivity index (χ4v) is 2.52. The Kier molecular flexibility index (Phi) is 6.47. The van der Waals surface area contributed by atoms with Crippen molar-refractivity contribution in [1.29, 1.82) is 0 Å². The number of aliphatic imine (C=N–C) groups is 1. The van der Waals surface area contributed by atoms with Gasteiger partial charge in [0.2, 0.25) is 0 Å². The van der Waals surface area contributed by atoms with E-state index in [9.17, 15) is 9.18 Å². The average Bonchev–Trinajstić information content (AvgIpc) is 2.58. The fraction of sp³-hybridized carbons (Fsp3) is 0.278. The SMILES string of the molecule is CN=C(N)CC(C)Cc1cc(NC(=O)c2ccc(Cl)cn2)ccc1F. The van der Waals surface area contributed by atoms with E-state index < -0.39 is 0 Å². The minimum atomic E-state index is -0.385. The summed E-state index contributed by atoms with van der Waals surface area (Å²) in [5.74, 6) is -0.0422. The van der Waals surface area contributed by atoms with Crippen LogP contribution in [0, 0.1) is 11.7 Å². The molecule has 132 valence electrons. The van der Waals surface area contributed by atoms with Crippen molar-refractivity contribution in [3.8, 4) is 0 Å². The van der Waals surface area contributed by atoms with Crippen molar-refractivity contribution in [1.82, 2.24) is 4.98 Å². The standard InChI is InChI=1S/C18H20ClFN4O/c1-11(8-17(21)22-2)7-12-9-14(4-5-15(12)20)24-18(25)16-6-3-13(19)10-23-16/h3-6,9-11H,7-8H2,1-2H3,(H2,21,22)(H,24,25). The van der Waals surface area contributed by atoms with Crippen LogP contribution in [0.5, 0.6) is 0 Å². The molecule has 0 aliphatic rings. The molecule has 2 aromatic rings. The molecular weight excluding hydrogens is 343 g/mol. The van der Waals surface area contributed by atoms with E-state index in [4.69, 9.17) is 17.3 Å². The van der Waals surface area contributed by atoms with Crippen LogP contribution in [-0.4, -0.2) is 23.8 Å². The Morgan fingerprint density at radius 1 is 1.40 bits per heavy atom. The maximum absolute atomic E-state index is 14.1. The summed E-state index contributed by atoms with van der Waals surface area (Å²) in [4.78, 5) is 20.1. The van der Waals surface area contributed by atoms with Gasteiger partial charge in [-0.15, -0.1) is 0 Å². The molecule has 7 heteroatoms. The minimum Gasteiger partial charge on any atom is -0.387 e. The van der Waals surface area contributed by atoms with Gasteiger partial charge in [-0.05, 0) is 48.2 Å². The molecule has 0 aliphatic heterocycles. The van der Waals surface area contributed by atoms with Gasteiger partial charge in [-0.3, -0.25) is 9.79 Å². The Balaban J connectivity index is 2.10. The van der Waals surface area contributed by atoms with Crippen LogP contribution >= 0.6 is 11.6 Å². The lowest BCUT2D eigenvalue weighted by molar-refractivity contribution is 0.102. The molecule has 25 heavy (non-hydrogen) atoms. The van der Waals surface area contributed by atoms with Gasteiger partial charge >= 0.3 is 0 Å². The van der Waals surface area contributed by atoms with Gasteiger partial charge in [0.1, 0.15) is 11.5 Å². The molecular formula is C18H20ClFN4O. The lowest BCUT2D eigenvalue weighted by Gasteiger charge is -2.13. The molecule has 0 fully saturated rings. The molecule has 0 radical (unpaired) electrons. The molecule has 3 N–H and O–H groups in total. The number of aromatic nitrogens is 1. The van der Waals surface area contributed by atoms with E-state index in [0.717, 1.165) is 0 Å². The number of amides is 1. The molecule has 1 aromatic heterocycles. The lowest BCUT2D eigenvalue weighted by atomic mass is 9.97. The van der Waals surface area contributed by atoms with Gasteiger partial charge in [-0.1, -0.05) is 18.5 Å². The summed E-state index contributed by atoms with van der Waals surface area (Å²) >= 11 is 5.76. The van der Waals surface area contributed by atoms with Crippen LogP contribution in [0.3, 0.4) is 0 Å². The quantitative estimate of drug-likeness (QED) is 0.607. The molecule has 2 rings (SSSR count). The van der Waals surface area contributed by atoms with E-state index in [0.29, 0.717) is 35.0 Å². The largest absolute Gasteiger partial charge is 0.387 e. The molecule has 0 aliphatic carbocycles. The Morgan fingerprint density at radius 2 is 2.16 bits per heavy atom. The van der Waals surface area contributed by atoms with E-state index in [-0.39, 0.29) is 23.3 Å². The predicted molar refractivity (Wildman–Crippen MR) is 98.6 cm³/mol. The van der Waals surface area contributed by atoms with Gasteiger partial charge in [-0.2, -0.15) is 0 Å². The zero-order valence-electron chi connectivity index (χ0n) is 14.1. The van der Waals surface area contributed by atoms with Crippen molar-refractivity contribution in [3.05, 3.63) is 58.6 Å². The number of nitrogens with two attached hydrogens (primary N) is 1. The highest BCUT2D eigenvalue weighted by Crippen LogP contribution is 2.20. The third-order valence-electron chi connectivity index (χ3n) is 3.68. The van der Waals surface area contributed by atoms with Crippen LogP contribution in [0.4, 0.5) is 10.1 Å². The number of hydrogen-bond acceptors (Lipinski definition) is 3. The summed E-state index contributed by atoms with van der Waals surface area (Å²) < 4.78 is 14.1. The maximum Gasteiger partial charge on any atom is 0.274 e. The number of anilines is 1. The first-order valence-corrected chi connectivity index (χ1v) is 8.19. The number of hydrogen-bond donors (Lipinski definition) is 2. The Morgan fingerprint density at radius 3 is 2.80 bits per heavy atom. The second-order valence-corrected chi connectivity index (χ2v) is 6.29. The second-order valence-electron chi connectivity index (χ2n) is 5.85. The first-order valence-electron chi connectivity index (χ1n) is 7.81. The molecule has 1 aromatic carbocycles. The van der Waals surface area contributed by atoms with E-state index >= 15 is 0 Å². The van der Waals surface area contributed by atoms with Crippen LogP contribution in [0.2, 0.25) is 5.02 Å². The molecule has 0 spiro atoms. The summed E-state index contributed by atoms with van der Waals surface area (Å²) in [6.07, 6.45) is 2.47. The average molecular weight is 363 g/mol. The van der Waals surface area contributed by atoms with Crippen LogP contribution in [-0.2, 0) is 6.42 Å². The number of benzene rings is 1. The number of halogens is 2. The van der Waals surface area contributed by atoms with Gasteiger partial charge < -0.3 is 11.1 Å². The molecule has 0 saturated carbocycles. The van der Waals surface area contributed by atoms with Crippen LogP contribution < -0.4 is 11.1 Å². The zero-order chi connectivity index (χ0) is 18.4. The predicted octanol–water partition coefficient (Wildman–Crippen LogP) is 3.68. The van der Waals surface area contributed by atoms with E-state index in [1.165, 1.54) is 24.4 Å². The Labute approximate surface area is 151 Å². The summed E-state index contributed by atoms with van der Waals surface area (Å²) in [7, 11) is 1.63. The smallest absolute Gasteiger partial charge is 0.274 e. The van der Waals surface area contributed by atoms with Gasteiger partial charge in [0.25, 0.3) is 5.91 Å². The van der Waals surface area contributed by atoms with Crippen LogP contribution in [0.1, 0.15) is 29.4 Å². The first-order chi connectivity index (χ1) is 11.9. The molecule has 1 unspecified atom stereocenters. The third kappa shape index (κ3) is 5.53. The summed E-state index contributed by atoms with van der Waals surface area (Å²) in [5, 5.41) is 3.16. The molecule has 0 bridgehead atoms. The highest BCUT2D eigenvalue weighted by molar-refractivity contribution is 6.30. The van der Waals surface area contributed by atoms with Gasteiger partial charge in [0.05, 0.1) is 10.9 Å². The van der Waals surface area contributed by atoms with Gasteiger partial charge in [0, 0.05) is 25.4 Å². The van der Waals surface area contributed by atoms with E-state index in [1.807, 2.05) is 6.92 Å². The number of carbonyl (C=O) groups is 1. The molecule has 1 amide bonds. The lowest BCUT2D eigenvalue weighted by Crippen LogP contribution is -2.17. The highest BCUT2D eigenvalue weighted by Gasteiger charge is 2.13.